The van der Waals surface area contributed by atoms with E-state index in [0.717, 1.165) is 0 Å². The molecule has 1 N–H and O–H groups in total. The largest absolute Gasteiger partial charge is 0.491 e. The second-order valence-corrected chi connectivity index (χ2v) is 2.28. The maximum absolute atomic E-state index is 10.1. The Kier molecular flexibility index (Phi) is 1.30. The number of nitrogens with zero attached hydrogens (tertiary/aromatic N) is 2. The third-order valence-electron chi connectivity index (χ3n) is 1.54. The molecule has 1 aromatic carbocycles. The fraction of sp³-hybridized carbons (Fsp3) is 0. The zero-order valence-electron chi connectivity index (χ0n) is 5.89. The van der Waals surface area contributed by atoms with Gasteiger partial charge < -0.3 is 9.63 Å². The van der Waals surface area contributed by atoms with Crippen molar-refractivity contribution in [2.45, 2.75) is 0 Å². The third kappa shape index (κ3) is 0.833. The van der Waals surface area contributed by atoms with Crippen LogP contribution in [0.1, 0.15) is 0 Å². The summed E-state index contributed by atoms with van der Waals surface area (Å²) in [4.78, 5) is 10.1. The second-order valence-electron chi connectivity index (χ2n) is 2.28. The van der Waals surface area contributed by atoms with Gasteiger partial charge in [-0.3, -0.25) is 0 Å². The van der Waals surface area contributed by atoms with Gasteiger partial charge in [-0.1, -0.05) is 0 Å². The molecule has 0 bridgehead atoms. The monoisotopic (exact) mass is 164 g/mol. The van der Waals surface area contributed by atoms with Gasteiger partial charge >= 0.3 is 0 Å². The molecule has 0 fully saturated rings. The fourth-order valence-electron chi connectivity index (χ4n) is 0.971. The topological polar surface area (TPSA) is 75.7 Å². The lowest BCUT2D eigenvalue weighted by Crippen LogP contribution is -1.65. The number of nitroso groups, excluding NO2 is 1. The van der Waals surface area contributed by atoms with Crippen LogP contribution < -0.4 is 0 Å². The highest BCUT2D eigenvalue weighted by atomic mass is 16.5. The first-order chi connectivity index (χ1) is 5.81. The Labute approximate surface area is 66.6 Å². The molecule has 5 heteroatoms. The summed E-state index contributed by atoms with van der Waals surface area (Å²) in [5.41, 5.74) is 0.668. The van der Waals surface area contributed by atoms with Crippen LogP contribution in [0, 0.1) is 4.91 Å². The molecule has 0 atom stereocenters. The van der Waals surface area contributed by atoms with Crippen LogP contribution in [-0.4, -0.2) is 10.3 Å². The Morgan fingerprint density at radius 1 is 1.50 bits per heavy atom. The predicted molar refractivity (Wildman–Crippen MR) is 41.1 cm³/mol. The number of hydrogen-bond donors (Lipinski definition) is 1. The molecule has 1 aromatic heterocycles. The summed E-state index contributed by atoms with van der Waals surface area (Å²) >= 11 is 0. The van der Waals surface area contributed by atoms with Gasteiger partial charge in [0.25, 0.3) is 5.88 Å². The van der Waals surface area contributed by atoms with Crippen molar-refractivity contribution in [1.29, 1.82) is 0 Å². The molecule has 1 heterocycles. The van der Waals surface area contributed by atoms with Crippen molar-refractivity contribution in [3.05, 3.63) is 23.1 Å². The summed E-state index contributed by atoms with van der Waals surface area (Å²) in [6.07, 6.45) is 0. The van der Waals surface area contributed by atoms with Crippen molar-refractivity contribution in [2.24, 2.45) is 5.18 Å². The third-order valence-corrected chi connectivity index (χ3v) is 1.54. The Balaban J connectivity index is 2.79. The van der Waals surface area contributed by atoms with Gasteiger partial charge in [0.15, 0.2) is 5.58 Å². The van der Waals surface area contributed by atoms with E-state index in [0.29, 0.717) is 11.0 Å². The molecule has 0 aliphatic heterocycles. The summed E-state index contributed by atoms with van der Waals surface area (Å²) in [5, 5.41) is 15.5. The molecular formula is C7H4N2O3. The van der Waals surface area contributed by atoms with Crippen LogP contribution in [0.4, 0.5) is 5.69 Å². The highest BCUT2D eigenvalue weighted by Crippen LogP contribution is 2.27. The van der Waals surface area contributed by atoms with Crippen LogP contribution in [0.25, 0.3) is 11.0 Å². The van der Waals surface area contributed by atoms with Crippen molar-refractivity contribution in [2.75, 3.05) is 0 Å². The minimum Gasteiger partial charge on any atom is -0.491 e. The fourth-order valence-corrected chi connectivity index (χ4v) is 0.971. The molecule has 0 unspecified atom stereocenters. The second kappa shape index (κ2) is 2.30. The molecule has 12 heavy (non-hydrogen) atoms. The van der Waals surface area contributed by atoms with E-state index in [2.05, 4.69) is 10.3 Å². The maximum atomic E-state index is 10.1. The minimum absolute atomic E-state index is 0.226. The van der Waals surface area contributed by atoms with Gasteiger partial charge in [-0.2, -0.15) is 0 Å². The van der Waals surface area contributed by atoms with Crippen molar-refractivity contribution in [1.82, 2.24) is 5.16 Å². The molecule has 0 aliphatic rings. The smallest absolute Gasteiger partial charge is 0.259 e. The van der Waals surface area contributed by atoms with E-state index < -0.39 is 0 Å². The lowest BCUT2D eigenvalue weighted by Gasteiger charge is -1.86. The van der Waals surface area contributed by atoms with Crippen molar-refractivity contribution in [3.63, 3.8) is 0 Å². The molecule has 2 aromatic rings. The molecule has 0 saturated carbocycles. The number of benzene rings is 1. The summed E-state index contributed by atoms with van der Waals surface area (Å²) in [6, 6.07) is 4.42. The average Bonchev–Trinajstić information content (AvgIpc) is 2.47. The molecule has 0 saturated heterocycles. The van der Waals surface area contributed by atoms with E-state index in [4.69, 9.17) is 9.63 Å². The predicted octanol–water partition coefficient (Wildman–Crippen LogP) is 1.93. The summed E-state index contributed by atoms with van der Waals surface area (Å²) in [6.45, 7) is 0. The number of fused-ring (bicyclic) bond motifs is 1. The number of hydrogen-bond acceptors (Lipinski definition) is 5. The van der Waals surface area contributed by atoms with E-state index in [1.165, 1.54) is 18.2 Å². The molecule has 0 aliphatic carbocycles. The first-order valence-corrected chi connectivity index (χ1v) is 3.23. The van der Waals surface area contributed by atoms with E-state index in [1.54, 1.807) is 0 Å². The Bertz CT molecular complexity index is 435. The van der Waals surface area contributed by atoms with Crippen LogP contribution in [0.5, 0.6) is 5.88 Å². The zero-order valence-corrected chi connectivity index (χ0v) is 5.89. The van der Waals surface area contributed by atoms with Gasteiger partial charge in [0.2, 0.25) is 0 Å². The minimum atomic E-state index is -0.226. The van der Waals surface area contributed by atoms with Gasteiger partial charge in [-0.15, -0.1) is 4.91 Å². The number of aromatic nitrogens is 1. The average molecular weight is 164 g/mol. The van der Waals surface area contributed by atoms with Gasteiger partial charge in [-0.25, -0.2) is 0 Å². The standard InChI is InChI=1S/C7H4N2O3/c10-7-5-3-4(8-11)1-2-6(5)12-9-7/h1-3H,(H,9,10). The first-order valence-electron chi connectivity index (χ1n) is 3.23. The molecule has 0 spiro atoms. The molecular weight excluding hydrogens is 160 g/mol. The molecule has 0 radical (unpaired) electrons. The molecule has 5 nitrogen and oxygen atoms in total. The molecule has 0 amide bonds. The number of aromatic hydroxyl groups is 1. The molecule has 60 valence electrons. The summed E-state index contributed by atoms with van der Waals surface area (Å²) in [7, 11) is 0. The van der Waals surface area contributed by atoms with Crippen molar-refractivity contribution >= 4 is 16.7 Å². The quantitative estimate of drug-likeness (QED) is 0.653. The van der Waals surface area contributed by atoms with Gasteiger partial charge in [0.1, 0.15) is 5.69 Å². The van der Waals surface area contributed by atoms with Gasteiger partial charge in [0, 0.05) is 0 Å². The number of rotatable bonds is 1. The van der Waals surface area contributed by atoms with Crippen LogP contribution in [0.3, 0.4) is 0 Å². The summed E-state index contributed by atoms with van der Waals surface area (Å²) in [5.74, 6) is -0.226. The Morgan fingerprint density at radius 3 is 3.08 bits per heavy atom. The normalized spacial score (nSPS) is 10.3. The van der Waals surface area contributed by atoms with Gasteiger partial charge in [0.05, 0.1) is 5.39 Å². The van der Waals surface area contributed by atoms with Crippen molar-refractivity contribution in [3.8, 4) is 5.88 Å². The van der Waals surface area contributed by atoms with Crippen LogP contribution in [0.15, 0.2) is 27.9 Å². The lowest BCUT2D eigenvalue weighted by atomic mass is 10.2. The summed E-state index contributed by atoms with van der Waals surface area (Å²) < 4.78 is 4.70. The van der Waals surface area contributed by atoms with E-state index >= 15 is 0 Å². The van der Waals surface area contributed by atoms with Crippen LogP contribution in [-0.2, 0) is 0 Å². The van der Waals surface area contributed by atoms with Crippen LogP contribution in [0.2, 0.25) is 0 Å². The Morgan fingerprint density at radius 2 is 2.33 bits per heavy atom. The van der Waals surface area contributed by atoms with Gasteiger partial charge in [-0.05, 0) is 28.5 Å². The Hall–Kier alpha value is -1.91. The van der Waals surface area contributed by atoms with E-state index in [-0.39, 0.29) is 11.6 Å². The molecule has 2 rings (SSSR count). The first kappa shape index (κ1) is 6.78. The zero-order chi connectivity index (χ0) is 8.55. The lowest BCUT2D eigenvalue weighted by molar-refractivity contribution is 0.376. The SMILES string of the molecule is O=Nc1ccc2onc(O)c2c1. The van der Waals surface area contributed by atoms with Crippen LogP contribution >= 0.6 is 0 Å². The van der Waals surface area contributed by atoms with Crippen molar-refractivity contribution < 1.29 is 9.63 Å². The van der Waals surface area contributed by atoms with E-state index in [1.807, 2.05) is 0 Å². The highest BCUT2D eigenvalue weighted by molar-refractivity contribution is 5.84. The maximum Gasteiger partial charge on any atom is 0.259 e. The van der Waals surface area contributed by atoms with E-state index in [9.17, 15) is 4.91 Å². The highest BCUT2D eigenvalue weighted by Gasteiger charge is 2.06.